The van der Waals surface area contributed by atoms with Crippen LogP contribution in [0.4, 0.5) is 5.82 Å². The third-order valence-electron chi connectivity index (χ3n) is 5.37. The quantitative estimate of drug-likeness (QED) is 0.548. The van der Waals surface area contributed by atoms with Crippen molar-refractivity contribution < 1.29 is 9.90 Å². The zero-order chi connectivity index (χ0) is 21.0. The Morgan fingerprint density at radius 1 is 1.07 bits per heavy atom. The number of anilines is 1. The van der Waals surface area contributed by atoms with Crippen LogP contribution in [0.2, 0.25) is 0 Å². The van der Waals surface area contributed by atoms with E-state index in [0.29, 0.717) is 36.4 Å². The van der Waals surface area contributed by atoms with E-state index in [4.69, 9.17) is 4.98 Å². The largest absolute Gasteiger partial charge is 0.475 e. The molecule has 1 aliphatic rings. The molecule has 0 atom stereocenters. The van der Waals surface area contributed by atoms with Crippen molar-refractivity contribution in [3.63, 3.8) is 0 Å². The predicted molar refractivity (Wildman–Crippen MR) is 109 cm³/mol. The average Bonchev–Trinajstić information content (AvgIpc) is 3.19. The van der Waals surface area contributed by atoms with Crippen LogP contribution in [0.1, 0.15) is 34.0 Å². The van der Waals surface area contributed by atoms with Crippen molar-refractivity contribution in [2.45, 2.75) is 19.8 Å². The molecular formula is C20H20N8O2. The Balaban J connectivity index is 1.46. The van der Waals surface area contributed by atoms with E-state index in [2.05, 4.69) is 30.7 Å². The van der Waals surface area contributed by atoms with E-state index < -0.39 is 5.97 Å². The monoisotopic (exact) mass is 404 g/mol. The van der Waals surface area contributed by atoms with Crippen molar-refractivity contribution in [3.8, 4) is 5.82 Å². The Hall–Kier alpha value is -3.82. The summed E-state index contributed by atoms with van der Waals surface area (Å²) in [6.45, 7) is 4.97. The number of rotatable bonds is 4. The van der Waals surface area contributed by atoms with Gasteiger partial charge in [-0.1, -0.05) is 12.1 Å². The summed E-state index contributed by atoms with van der Waals surface area (Å²) in [4.78, 5) is 31.0. The number of carboxylic acids is 1. The standard InChI is InChI=1S/C20H20N8O2/c1-11-21-12(2)28(25-11)17-8-16(23-18(24-17)20(29)30)27-9-13(10-27)19-22-14-6-4-5-7-15(14)26(19)3/h4-8,13H,9-10H2,1-3H3,(H,29,30). The van der Waals surface area contributed by atoms with E-state index in [1.165, 1.54) is 4.68 Å². The third-order valence-corrected chi connectivity index (χ3v) is 5.37. The van der Waals surface area contributed by atoms with Crippen molar-refractivity contribution in [1.29, 1.82) is 0 Å². The van der Waals surface area contributed by atoms with Crippen molar-refractivity contribution in [1.82, 2.24) is 34.3 Å². The van der Waals surface area contributed by atoms with Crippen LogP contribution in [0.3, 0.4) is 0 Å². The molecule has 4 heterocycles. The number of benzene rings is 1. The van der Waals surface area contributed by atoms with Gasteiger partial charge in [0.05, 0.1) is 17.0 Å². The van der Waals surface area contributed by atoms with Gasteiger partial charge in [0.1, 0.15) is 23.3 Å². The summed E-state index contributed by atoms with van der Waals surface area (Å²) in [5.74, 6) is 1.99. The Morgan fingerprint density at radius 3 is 2.47 bits per heavy atom. The lowest BCUT2D eigenvalue weighted by Gasteiger charge is -2.39. The number of aromatic nitrogens is 7. The van der Waals surface area contributed by atoms with Crippen LogP contribution in [0.5, 0.6) is 0 Å². The first-order valence-corrected chi connectivity index (χ1v) is 9.60. The maximum absolute atomic E-state index is 11.6. The third kappa shape index (κ3) is 2.88. The Bertz CT molecular complexity index is 1290. The number of hydrogen-bond donors (Lipinski definition) is 1. The highest BCUT2D eigenvalue weighted by molar-refractivity contribution is 5.84. The van der Waals surface area contributed by atoms with E-state index in [1.807, 2.05) is 30.1 Å². The molecule has 0 radical (unpaired) electrons. The van der Waals surface area contributed by atoms with Gasteiger partial charge in [0.2, 0.25) is 5.82 Å². The molecular weight excluding hydrogens is 384 g/mol. The fourth-order valence-electron chi connectivity index (χ4n) is 3.88. The first-order chi connectivity index (χ1) is 14.4. The van der Waals surface area contributed by atoms with Crippen LogP contribution in [0, 0.1) is 13.8 Å². The summed E-state index contributed by atoms with van der Waals surface area (Å²) in [5.41, 5.74) is 2.07. The topological polar surface area (TPSA) is 115 Å². The Labute approximate surface area is 171 Å². The minimum absolute atomic E-state index is 0.240. The molecule has 1 aliphatic heterocycles. The van der Waals surface area contributed by atoms with Gasteiger partial charge in [0, 0.05) is 26.2 Å². The van der Waals surface area contributed by atoms with Gasteiger partial charge >= 0.3 is 5.97 Å². The molecule has 0 bridgehead atoms. The van der Waals surface area contributed by atoms with E-state index in [0.717, 1.165) is 16.9 Å². The highest BCUT2D eigenvalue weighted by Crippen LogP contribution is 2.32. The van der Waals surface area contributed by atoms with Gasteiger partial charge in [-0.05, 0) is 26.0 Å². The van der Waals surface area contributed by atoms with E-state index in [9.17, 15) is 9.90 Å². The van der Waals surface area contributed by atoms with Crippen LogP contribution in [0.15, 0.2) is 30.3 Å². The van der Waals surface area contributed by atoms with Gasteiger partial charge in [-0.2, -0.15) is 4.68 Å². The molecule has 1 N–H and O–H groups in total. The molecule has 0 spiro atoms. The molecule has 0 amide bonds. The van der Waals surface area contributed by atoms with E-state index in [-0.39, 0.29) is 11.7 Å². The molecule has 0 aliphatic carbocycles. The smallest absolute Gasteiger partial charge is 0.374 e. The number of nitrogens with zero attached hydrogens (tertiary/aromatic N) is 8. The average molecular weight is 404 g/mol. The number of aryl methyl sites for hydroxylation is 3. The summed E-state index contributed by atoms with van der Waals surface area (Å²) in [6, 6.07) is 9.80. The molecule has 10 heteroatoms. The van der Waals surface area contributed by atoms with Crippen LogP contribution in [-0.4, -0.2) is 58.4 Å². The molecule has 1 saturated heterocycles. The summed E-state index contributed by atoms with van der Waals surface area (Å²) in [7, 11) is 2.02. The number of aromatic carboxylic acids is 1. The predicted octanol–water partition coefficient (Wildman–Crippen LogP) is 1.86. The summed E-state index contributed by atoms with van der Waals surface area (Å²) in [6.07, 6.45) is 0. The van der Waals surface area contributed by atoms with Crippen molar-refractivity contribution in [2.24, 2.45) is 7.05 Å². The number of para-hydroxylation sites is 2. The molecule has 30 heavy (non-hydrogen) atoms. The molecule has 0 unspecified atom stereocenters. The van der Waals surface area contributed by atoms with Gasteiger partial charge in [0.15, 0.2) is 5.82 Å². The van der Waals surface area contributed by atoms with Crippen LogP contribution < -0.4 is 4.90 Å². The van der Waals surface area contributed by atoms with Gasteiger partial charge in [-0.15, -0.1) is 5.10 Å². The number of imidazole rings is 1. The second kappa shape index (κ2) is 6.61. The summed E-state index contributed by atoms with van der Waals surface area (Å²) >= 11 is 0. The molecule has 0 saturated carbocycles. The first-order valence-electron chi connectivity index (χ1n) is 9.60. The molecule has 152 valence electrons. The summed E-state index contributed by atoms with van der Waals surface area (Å²) < 4.78 is 3.66. The lowest BCUT2D eigenvalue weighted by Crippen LogP contribution is -2.46. The minimum atomic E-state index is -1.18. The zero-order valence-electron chi connectivity index (χ0n) is 16.8. The van der Waals surface area contributed by atoms with E-state index in [1.54, 1.807) is 19.9 Å². The highest BCUT2D eigenvalue weighted by atomic mass is 16.4. The van der Waals surface area contributed by atoms with Crippen LogP contribution in [-0.2, 0) is 7.05 Å². The molecule has 10 nitrogen and oxygen atoms in total. The second-order valence-corrected chi connectivity index (χ2v) is 7.45. The minimum Gasteiger partial charge on any atom is -0.475 e. The normalized spacial score (nSPS) is 14.3. The number of hydrogen-bond acceptors (Lipinski definition) is 7. The van der Waals surface area contributed by atoms with Crippen molar-refractivity contribution >= 4 is 22.8 Å². The zero-order valence-corrected chi connectivity index (χ0v) is 16.8. The van der Waals surface area contributed by atoms with Gasteiger partial charge in [-0.25, -0.2) is 24.7 Å². The lowest BCUT2D eigenvalue weighted by atomic mass is 9.99. The first kappa shape index (κ1) is 18.2. The van der Waals surface area contributed by atoms with Gasteiger partial charge in [0.25, 0.3) is 0 Å². The fraction of sp³-hybridized carbons (Fsp3) is 0.300. The highest BCUT2D eigenvalue weighted by Gasteiger charge is 2.33. The number of carbonyl (C=O) groups is 1. The number of fused-ring (bicyclic) bond motifs is 1. The van der Waals surface area contributed by atoms with Gasteiger partial charge < -0.3 is 14.6 Å². The van der Waals surface area contributed by atoms with Crippen molar-refractivity contribution in [2.75, 3.05) is 18.0 Å². The Morgan fingerprint density at radius 2 is 1.80 bits per heavy atom. The van der Waals surface area contributed by atoms with E-state index >= 15 is 0 Å². The lowest BCUT2D eigenvalue weighted by molar-refractivity contribution is 0.0683. The van der Waals surface area contributed by atoms with Gasteiger partial charge in [-0.3, -0.25) is 0 Å². The van der Waals surface area contributed by atoms with Crippen molar-refractivity contribution in [3.05, 3.63) is 53.6 Å². The molecule has 4 aromatic rings. The van der Waals surface area contributed by atoms with Crippen LogP contribution in [0.25, 0.3) is 16.9 Å². The molecule has 5 rings (SSSR count). The molecule has 1 fully saturated rings. The maximum atomic E-state index is 11.6. The Kier molecular flexibility index (Phi) is 4.02. The molecule has 1 aromatic carbocycles. The SMILES string of the molecule is Cc1nc(C)n(-c2cc(N3CC(c4nc5ccccc5n4C)C3)nc(C(=O)O)n2)n1. The fourth-order valence-corrected chi connectivity index (χ4v) is 3.88. The molecule has 3 aromatic heterocycles. The second-order valence-electron chi connectivity index (χ2n) is 7.45. The number of carboxylic acid groups (broad SMARTS) is 1. The van der Waals surface area contributed by atoms with Crippen LogP contribution >= 0.6 is 0 Å². The summed E-state index contributed by atoms with van der Waals surface area (Å²) in [5, 5.41) is 13.8. The maximum Gasteiger partial charge on any atom is 0.374 e.